The summed E-state index contributed by atoms with van der Waals surface area (Å²) < 4.78 is 0. The lowest BCUT2D eigenvalue weighted by Crippen LogP contribution is -2.18. The molecule has 0 aliphatic heterocycles. The molecule has 2 nitrogen and oxygen atoms in total. The second kappa shape index (κ2) is 6.38. The van der Waals surface area contributed by atoms with Crippen LogP contribution in [0.3, 0.4) is 0 Å². The normalized spacial score (nSPS) is 18.3. The molecule has 0 saturated heterocycles. The Hall–Kier alpha value is -2.74. The first-order chi connectivity index (χ1) is 14.2. The molecule has 0 saturated carbocycles. The number of anilines is 2. The van der Waals surface area contributed by atoms with Crippen molar-refractivity contribution in [3.05, 3.63) is 70.8 Å². The Labute approximate surface area is 180 Å². The lowest BCUT2D eigenvalue weighted by atomic mass is 9.73. The molecule has 3 aromatic rings. The van der Waals surface area contributed by atoms with Crippen LogP contribution in [0.15, 0.2) is 48.5 Å². The van der Waals surface area contributed by atoms with Crippen molar-refractivity contribution in [2.75, 3.05) is 11.5 Å². The fraction of sp³-hybridized carbons (Fsp3) is 0.357. The van der Waals surface area contributed by atoms with Crippen molar-refractivity contribution in [1.82, 2.24) is 0 Å². The van der Waals surface area contributed by atoms with Gasteiger partial charge in [-0.05, 0) is 105 Å². The van der Waals surface area contributed by atoms with Crippen molar-refractivity contribution in [2.45, 2.75) is 64.2 Å². The molecule has 0 amide bonds. The lowest BCUT2D eigenvalue weighted by molar-refractivity contribution is 0.521. The summed E-state index contributed by atoms with van der Waals surface area (Å²) in [6.45, 7) is 9.63. The van der Waals surface area contributed by atoms with Crippen molar-refractivity contribution in [3.8, 4) is 22.3 Å². The van der Waals surface area contributed by atoms with Gasteiger partial charge in [-0.1, -0.05) is 52.0 Å². The fourth-order valence-corrected chi connectivity index (χ4v) is 6.00. The highest BCUT2D eigenvalue weighted by Crippen LogP contribution is 2.56. The summed E-state index contributed by atoms with van der Waals surface area (Å²) in [5.74, 6) is 0. The third kappa shape index (κ3) is 2.77. The predicted molar refractivity (Wildman–Crippen MR) is 129 cm³/mol. The summed E-state index contributed by atoms with van der Waals surface area (Å²) >= 11 is 0. The topological polar surface area (TPSA) is 52.0 Å². The average molecular weight is 397 g/mol. The van der Waals surface area contributed by atoms with Gasteiger partial charge >= 0.3 is 0 Å². The zero-order valence-corrected chi connectivity index (χ0v) is 18.6. The van der Waals surface area contributed by atoms with Gasteiger partial charge in [0.15, 0.2) is 0 Å². The predicted octanol–water partition coefficient (Wildman–Crippen LogP) is 6.63. The van der Waals surface area contributed by atoms with Crippen molar-refractivity contribution in [3.63, 3.8) is 0 Å². The van der Waals surface area contributed by atoms with E-state index in [1.54, 1.807) is 0 Å². The zero-order valence-electron chi connectivity index (χ0n) is 18.6. The van der Waals surface area contributed by atoms with E-state index in [2.05, 4.69) is 64.1 Å². The Kier molecular flexibility index (Phi) is 4.09. The first-order valence-electron chi connectivity index (χ1n) is 11.1. The molecule has 5 rings (SSSR count). The second-order valence-corrected chi connectivity index (χ2v) is 10.5. The standard InChI is InChI=1S/C28H32N2/c1-27(2)13-11-21-24(18-8-6-10-20(30)16-18)26-22(12-14-28(26,3)4)23(25(21)27)17-7-5-9-19(29)15-17/h5-10,15-16H,11-14,29-30H2,1-4H3. The maximum Gasteiger partial charge on any atom is 0.0320 e. The summed E-state index contributed by atoms with van der Waals surface area (Å²) in [5.41, 5.74) is 26.0. The Morgan fingerprint density at radius 3 is 1.40 bits per heavy atom. The maximum atomic E-state index is 6.23. The van der Waals surface area contributed by atoms with Crippen LogP contribution in [0, 0.1) is 0 Å². The first-order valence-corrected chi connectivity index (χ1v) is 11.1. The Morgan fingerprint density at radius 1 is 0.633 bits per heavy atom. The van der Waals surface area contributed by atoms with Gasteiger partial charge in [0, 0.05) is 11.4 Å². The third-order valence-electron chi connectivity index (χ3n) is 7.41. The van der Waals surface area contributed by atoms with Gasteiger partial charge in [0.1, 0.15) is 0 Å². The molecule has 0 atom stereocenters. The van der Waals surface area contributed by atoms with E-state index in [4.69, 9.17) is 11.5 Å². The van der Waals surface area contributed by atoms with Crippen LogP contribution in [-0.2, 0) is 23.7 Å². The van der Waals surface area contributed by atoms with Gasteiger partial charge < -0.3 is 11.5 Å². The van der Waals surface area contributed by atoms with Gasteiger partial charge in [0.2, 0.25) is 0 Å². The highest BCUT2D eigenvalue weighted by Gasteiger charge is 2.42. The summed E-state index contributed by atoms with van der Waals surface area (Å²) in [6, 6.07) is 17.0. The molecule has 0 fully saturated rings. The quantitative estimate of drug-likeness (QED) is 0.477. The summed E-state index contributed by atoms with van der Waals surface area (Å²) in [6.07, 6.45) is 4.59. The molecular weight excluding hydrogens is 364 g/mol. The number of hydrogen-bond acceptors (Lipinski definition) is 2. The van der Waals surface area contributed by atoms with E-state index >= 15 is 0 Å². The number of rotatable bonds is 2. The van der Waals surface area contributed by atoms with Crippen molar-refractivity contribution in [2.24, 2.45) is 0 Å². The molecule has 154 valence electrons. The summed E-state index contributed by atoms with van der Waals surface area (Å²) in [7, 11) is 0. The first kappa shape index (κ1) is 19.2. The fourth-order valence-electron chi connectivity index (χ4n) is 6.00. The van der Waals surface area contributed by atoms with Crippen molar-refractivity contribution >= 4 is 11.4 Å². The zero-order chi connectivity index (χ0) is 21.3. The number of benzene rings is 3. The van der Waals surface area contributed by atoms with Gasteiger partial charge in [-0.2, -0.15) is 0 Å². The van der Waals surface area contributed by atoms with Gasteiger partial charge in [0.05, 0.1) is 0 Å². The molecule has 3 aromatic carbocycles. The van der Waals surface area contributed by atoms with Crippen LogP contribution in [0.5, 0.6) is 0 Å². The van der Waals surface area contributed by atoms with Crippen LogP contribution in [0.1, 0.15) is 62.8 Å². The van der Waals surface area contributed by atoms with Crippen LogP contribution >= 0.6 is 0 Å². The monoisotopic (exact) mass is 396 g/mol. The molecule has 0 heterocycles. The molecule has 0 unspecified atom stereocenters. The van der Waals surface area contributed by atoms with Crippen LogP contribution in [0.25, 0.3) is 22.3 Å². The van der Waals surface area contributed by atoms with E-state index in [0.717, 1.165) is 24.2 Å². The highest BCUT2D eigenvalue weighted by atomic mass is 14.6. The molecule has 2 aliphatic carbocycles. The van der Waals surface area contributed by atoms with Crippen LogP contribution in [-0.4, -0.2) is 0 Å². The van der Waals surface area contributed by atoms with Crippen molar-refractivity contribution in [1.29, 1.82) is 0 Å². The van der Waals surface area contributed by atoms with Crippen LogP contribution < -0.4 is 11.5 Å². The SMILES string of the molecule is CC1(C)CCc2c(-c3cccc(N)c3)c3c(c(-c4cccc(N)c4)c21)CCC3(C)C. The summed E-state index contributed by atoms with van der Waals surface area (Å²) in [4.78, 5) is 0. The van der Waals surface area contributed by atoms with Gasteiger partial charge in [-0.25, -0.2) is 0 Å². The van der Waals surface area contributed by atoms with E-state index in [0.29, 0.717) is 0 Å². The molecule has 0 spiro atoms. The van der Waals surface area contributed by atoms with Crippen LogP contribution in [0.4, 0.5) is 11.4 Å². The minimum absolute atomic E-state index is 0.145. The Morgan fingerprint density at radius 2 is 1.03 bits per heavy atom. The molecular formula is C28H32N2. The molecule has 2 aliphatic rings. The molecule has 30 heavy (non-hydrogen) atoms. The molecule has 2 heteroatoms. The minimum atomic E-state index is 0.145. The highest BCUT2D eigenvalue weighted by molar-refractivity contribution is 5.88. The Bertz CT molecular complexity index is 1070. The van der Waals surface area contributed by atoms with Gasteiger partial charge in [-0.3, -0.25) is 0 Å². The maximum absolute atomic E-state index is 6.23. The third-order valence-corrected chi connectivity index (χ3v) is 7.41. The largest absolute Gasteiger partial charge is 0.399 e. The second-order valence-electron chi connectivity index (χ2n) is 10.5. The number of hydrogen-bond donors (Lipinski definition) is 2. The van der Waals surface area contributed by atoms with E-state index in [-0.39, 0.29) is 10.8 Å². The van der Waals surface area contributed by atoms with Crippen LogP contribution in [0.2, 0.25) is 0 Å². The lowest BCUT2D eigenvalue weighted by Gasteiger charge is -2.30. The van der Waals surface area contributed by atoms with E-state index in [1.165, 1.54) is 57.3 Å². The van der Waals surface area contributed by atoms with Gasteiger partial charge in [-0.15, -0.1) is 0 Å². The minimum Gasteiger partial charge on any atom is -0.399 e. The van der Waals surface area contributed by atoms with E-state index in [1.807, 2.05) is 12.1 Å². The number of fused-ring (bicyclic) bond motifs is 2. The molecule has 0 radical (unpaired) electrons. The number of nitrogen functional groups attached to an aromatic ring is 2. The van der Waals surface area contributed by atoms with E-state index in [9.17, 15) is 0 Å². The molecule has 0 bridgehead atoms. The van der Waals surface area contributed by atoms with Gasteiger partial charge in [0.25, 0.3) is 0 Å². The summed E-state index contributed by atoms with van der Waals surface area (Å²) in [5, 5.41) is 0. The Balaban J connectivity index is 1.95. The van der Waals surface area contributed by atoms with E-state index < -0.39 is 0 Å². The smallest absolute Gasteiger partial charge is 0.0320 e. The number of nitrogens with two attached hydrogens (primary N) is 2. The average Bonchev–Trinajstić information content (AvgIpc) is 3.16. The van der Waals surface area contributed by atoms with Crippen molar-refractivity contribution < 1.29 is 0 Å². The molecule has 0 aromatic heterocycles. The molecule has 4 N–H and O–H groups in total.